The minimum absolute atomic E-state index is 0.0565. The molecule has 8 nitrogen and oxygen atoms in total. The lowest BCUT2D eigenvalue weighted by atomic mass is 10.2. The van der Waals surface area contributed by atoms with Crippen molar-refractivity contribution in [3.63, 3.8) is 0 Å². The number of hydrogen-bond donors (Lipinski definition) is 0. The summed E-state index contributed by atoms with van der Waals surface area (Å²) in [6.45, 7) is 8.83. The van der Waals surface area contributed by atoms with E-state index in [4.69, 9.17) is 4.74 Å². The third-order valence-corrected chi connectivity index (χ3v) is 4.98. The van der Waals surface area contributed by atoms with Gasteiger partial charge in [0.15, 0.2) is 11.5 Å². The normalized spacial score (nSPS) is 15.0. The van der Waals surface area contributed by atoms with Crippen LogP contribution in [0.2, 0.25) is 0 Å². The molecule has 0 unspecified atom stereocenters. The molecule has 1 aliphatic heterocycles. The number of aromatic nitrogens is 4. The molecule has 0 radical (unpaired) electrons. The van der Waals surface area contributed by atoms with E-state index in [-0.39, 0.29) is 12.0 Å². The second kappa shape index (κ2) is 8.06. The molecule has 4 rings (SSSR count). The van der Waals surface area contributed by atoms with Crippen LogP contribution in [0.1, 0.15) is 36.5 Å². The third-order valence-electron chi connectivity index (χ3n) is 4.98. The fraction of sp³-hybridized carbons (Fsp3) is 0.429. The second-order valence-corrected chi connectivity index (χ2v) is 7.53. The van der Waals surface area contributed by atoms with Gasteiger partial charge in [-0.05, 0) is 63.6 Å². The van der Waals surface area contributed by atoms with Crippen molar-refractivity contribution in [2.45, 2.75) is 33.3 Å². The highest BCUT2D eigenvalue weighted by atomic mass is 16.5. The molecule has 1 amide bonds. The molecule has 1 aliphatic rings. The van der Waals surface area contributed by atoms with Gasteiger partial charge in [0.2, 0.25) is 0 Å². The molecule has 1 aromatic carbocycles. The average molecular weight is 394 g/mol. The van der Waals surface area contributed by atoms with Crippen LogP contribution >= 0.6 is 0 Å². The Bertz CT molecular complexity index is 998. The van der Waals surface area contributed by atoms with E-state index in [1.807, 2.05) is 62.1 Å². The minimum Gasteiger partial charge on any atom is -0.491 e. The molecule has 1 saturated heterocycles. The van der Waals surface area contributed by atoms with Crippen LogP contribution in [0, 0.1) is 6.92 Å². The smallest absolute Gasteiger partial charge is 0.253 e. The maximum Gasteiger partial charge on any atom is 0.253 e. The summed E-state index contributed by atoms with van der Waals surface area (Å²) in [4.78, 5) is 17.1. The molecule has 0 spiro atoms. The molecule has 0 N–H and O–H groups in total. The quantitative estimate of drug-likeness (QED) is 0.677. The van der Waals surface area contributed by atoms with Crippen LogP contribution in [0.4, 0.5) is 5.82 Å². The van der Waals surface area contributed by atoms with Gasteiger partial charge in [0.25, 0.3) is 5.91 Å². The molecule has 8 heteroatoms. The molecule has 0 atom stereocenters. The number of aryl methyl sites for hydroxylation is 1. The monoisotopic (exact) mass is 394 g/mol. The molecule has 3 aromatic rings. The van der Waals surface area contributed by atoms with Crippen molar-refractivity contribution in [3.8, 4) is 5.75 Å². The number of fused-ring (bicyclic) bond motifs is 1. The summed E-state index contributed by atoms with van der Waals surface area (Å²) in [5, 5.41) is 12.8. The molecule has 0 saturated carbocycles. The van der Waals surface area contributed by atoms with Gasteiger partial charge >= 0.3 is 0 Å². The van der Waals surface area contributed by atoms with Crippen LogP contribution in [0.5, 0.6) is 5.75 Å². The van der Waals surface area contributed by atoms with E-state index in [0.717, 1.165) is 49.1 Å². The molecule has 2 aromatic heterocycles. The lowest BCUT2D eigenvalue weighted by molar-refractivity contribution is 0.0767. The Morgan fingerprint density at radius 3 is 2.55 bits per heavy atom. The van der Waals surface area contributed by atoms with Crippen molar-refractivity contribution in [2.24, 2.45) is 0 Å². The Balaban J connectivity index is 1.43. The number of nitrogens with zero attached hydrogens (tertiary/aromatic N) is 6. The van der Waals surface area contributed by atoms with Crippen LogP contribution in [0.25, 0.3) is 5.65 Å². The van der Waals surface area contributed by atoms with Gasteiger partial charge in [-0.2, -0.15) is 4.52 Å². The molecule has 3 heterocycles. The van der Waals surface area contributed by atoms with Crippen molar-refractivity contribution in [1.82, 2.24) is 24.7 Å². The number of ether oxygens (including phenoxy) is 1. The Labute approximate surface area is 170 Å². The van der Waals surface area contributed by atoms with Crippen molar-refractivity contribution >= 4 is 17.4 Å². The van der Waals surface area contributed by atoms with E-state index in [1.165, 1.54) is 0 Å². The molecular weight excluding hydrogens is 368 g/mol. The van der Waals surface area contributed by atoms with E-state index in [0.29, 0.717) is 12.1 Å². The summed E-state index contributed by atoms with van der Waals surface area (Å²) >= 11 is 0. The fourth-order valence-electron chi connectivity index (χ4n) is 3.54. The van der Waals surface area contributed by atoms with E-state index in [1.54, 1.807) is 4.52 Å². The van der Waals surface area contributed by atoms with Crippen LogP contribution in [0.15, 0.2) is 36.4 Å². The minimum atomic E-state index is 0.0565. The lowest BCUT2D eigenvalue weighted by Gasteiger charge is -2.23. The highest BCUT2D eigenvalue weighted by Gasteiger charge is 2.21. The standard InChI is InChI=1S/C21H26N6O2/c1-15(2)29-18-7-5-17(6-8-18)21(28)26-12-4-11-25(13-14-26)20-10-9-19-23-22-16(3)27(19)24-20/h5-10,15H,4,11-14H2,1-3H3. The third kappa shape index (κ3) is 4.16. The van der Waals surface area contributed by atoms with Gasteiger partial charge in [0, 0.05) is 31.7 Å². The SMILES string of the molecule is Cc1nnc2ccc(N3CCCN(C(=O)c4ccc(OC(C)C)cc4)CC3)nn12. The van der Waals surface area contributed by atoms with Crippen LogP contribution in [0.3, 0.4) is 0 Å². The lowest BCUT2D eigenvalue weighted by Crippen LogP contribution is -2.35. The van der Waals surface area contributed by atoms with Gasteiger partial charge in [-0.3, -0.25) is 4.79 Å². The second-order valence-electron chi connectivity index (χ2n) is 7.53. The van der Waals surface area contributed by atoms with Gasteiger partial charge in [-0.25, -0.2) is 0 Å². The molecular formula is C21H26N6O2. The van der Waals surface area contributed by atoms with Crippen molar-refractivity contribution < 1.29 is 9.53 Å². The summed E-state index contributed by atoms with van der Waals surface area (Å²) in [7, 11) is 0. The van der Waals surface area contributed by atoms with Crippen LogP contribution in [-0.4, -0.2) is 62.9 Å². The highest BCUT2D eigenvalue weighted by molar-refractivity contribution is 5.94. The maximum absolute atomic E-state index is 12.9. The Morgan fingerprint density at radius 2 is 1.79 bits per heavy atom. The molecule has 29 heavy (non-hydrogen) atoms. The average Bonchev–Trinajstić information content (AvgIpc) is 2.92. The Kier molecular flexibility index (Phi) is 5.33. The Hall–Kier alpha value is -3.16. The summed E-state index contributed by atoms with van der Waals surface area (Å²) in [6, 6.07) is 11.3. The van der Waals surface area contributed by atoms with Crippen LogP contribution < -0.4 is 9.64 Å². The van der Waals surface area contributed by atoms with E-state index in [2.05, 4.69) is 20.2 Å². The zero-order chi connectivity index (χ0) is 20.4. The van der Waals surface area contributed by atoms with Crippen molar-refractivity contribution in [3.05, 3.63) is 47.8 Å². The number of benzene rings is 1. The van der Waals surface area contributed by atoms with E-state index < -0.39 is 0 Å². The molecule has 0 aliphatic carbocycles. The maximum atomic E-state index is 12.9. The number of hydrogen-bond acceptors (Lipinski definition) is 6. The molecule has 0 bridgehead atoms. The van der Waals surface area contributed by atoms with E-state index >= 15 is 0 Å². The largest absolute Gasteiger partial charge is 0.491 e. The van der Waals surface area contributed by atoms with Gasteiger partial charge in [-0.1, -0.05) is 0 Å². The summed E-state index contributed by atoms with van der Waals surface area (Å²) in [5.41, 5.74) is 1.43. The number of rotatable bonds is 4. The number of carbonyl (C=O) groups excluding carboxylic acids is 1. The summed E-state index contributed by atoms with van der Waals surface area (Å²) in [6.07, 6.45) is 1.00. The summed E-state index contributed by atoms with van der Waals surface area (Å²) < 4.78 is 7.42. The first-order valence-corrected chi connectivity index (χ1v) is 10.0. The van der Waals surface area contributed by atoms with Gasteiger partial charge in [0.05, 0.1) is 6.10 Å². The first-order chi connectivity index (χ1) is 14.0. The fourth-order valence-corrected chi connectivity index (χ4v) is 3.54. The zero-order valence-electron chi connectivity index (χ0n) is 17.1. The number of anilines is 1. The predicted octanol–water partition coefficient (Wildman–Crippen LogP) is 2.57. The zero-order valence-corrected chi connectivity index (χ0v) is 17.1. The summed E-state index contributed by atoms with van der Waals surface area (Å²) in [5.74, 6) is 2.48. The number of amides is 1. The van der Waals surface area contributed by atoms with Crippen LogP contribution in [-0.2, 0) is 0 Å². The van der Waals surface area contributed by atoms with Gasteiger partial charge in [-0.15, -0.1) is 15.3 Å². The first-order valence-electron chi connectivity index (χ1n) is 10.0. The van der Waals surface area contributed by atoms with Crippen molar-refractivity contribution in [2.75, 3.05) is 31.1 Å². The molecule has 1 fully saturated rings. The topological polar surface area (TPSA) is 75.9 Å². The predicted molar refractivity (Wildman–Crippen MR) is 110 cm³/mol. The Morgan fingerprint density at radius 1 is 1.00 bits per heavy atom. The van der Waals surface area contributed by atoms with Gasteiger partial charge < -0.3 is 14.5 Å². The number of carbonyl (C=O) groups is 1. The molecule has 152 valence electrons. The van der Waals surface area contributed by atoms with E-state index in [9.17, 15) is 4.79 Å². The van der Waals surface area contributed by atoms with Crippen molar-refractivity contribution in [1.29, 1.82) is 0 Å². The van der Waals surface area contributed by atoms with Gasteiger partial charge in [0.1, 0.15) is 11.6 Å². The highest BCUT2D eigenvalue weighted by Crippen LogP contribution is 2.18. The first kappa shape index (κ1) is 19.2.